The van der Waals surface area contributed by atoms with Crippen molar-refractivity contribution in [1.82, 2.24) is 0 Å². The molecular formula is C28H24BrNO4. The Morgan fingerprint density at radius 2 is 1.76 bits per heavy atom. The number of anilines is 1. The Labute approximate surface area is 206 Å². The van der Waals surface area contributed by atoms with E-state index in [0.29, 0.717) is 34.6 Å². The maximum Gasteiger partial charge on any atom is 0.295 e. The van der Waals surface area contributed by atoms with E-state index in [0.717, 1.165) is 27.6 Å². The summed E-state index contributed by atoms with van der Waals surface area (Å²) in [5.74, 6) is 0.451. The summed E-state index contributed by atoms with van der Waals surface area (Å²) in [4.78, 5) is 29.2. The minimum Gasteiger partial charge on any atom is -0.494 e. The van der Waals surface area contributed by atoms with Crippen LogP contribution in [0.2, 0.25) is 0 Å². The SMILES string of the molecule is CCCOc1cccc(C2c3c(oc4cc(C)c(C)cc4c3=O)C(=O)N2c2cccc(Br)c2)c1. The number of halogens is 1. The minimum atomic E-state index is -0.635. The van der Waals surface area contributed by atoms with Gasteiger partial charge in [0, 0.05) is 10.2 Å². The van der Waals surface area contributed by atoms with Crippen LogP contribution in [0.25, 0.3) is 11.0 Å². The van der Waals surface area contributed by atoms with Crippen molar-refractivity contribution >= 4 is 38.5 Å². The van der Waals surface area contributed by atoms with Crippen molar-refractivity contribution in [1.29, 1.82) is 0 Å². The average Bonchev–Trinajstić information content (AvgIpc) is 3.12. The van der Waals surface area contributed by atoms with Crippen LogP contribution >= 0.6 is 15.9 Å². The molecule has 6 heteroatoms. The van der Waals surface area contributed by atoms with Gasteiger partial charge in [0.25, 0.3) is 5.91 Å². The molecule has 1 unspecified atom stereocenters. The summed E-state index contributed by atoms with van der Waals surface area (Å²) in [6, 6.07) is 18.1. The van der Waals surface area contributed by atoms with Crippen molar-refractivity contribution in [2.24, 2.45) is 0 Å². The van der Waals surface area contributed by atoms with Gasteiger partial charge in [-0.05, 0) is 79.4 Å². The molecule has 1 aliphatic heterocycles. The second-order valence-corrected chi connectivity index (χ2v) is 9.50. The highest BCUT2D eigenvalue weighted by Gasteiger charge is 2.43. The number of amides is 1. The van der Waals surface area contributed by atoms with E-state index in [2.05, 4.69) is 15.9 Å². The zero-order valence-electron chi connectivity index (χ0n) is 19.2. The van der Waals surface area contributed by atoms with E-state index in [4.69, 9.17) is 9.15 Å². The van der Waals surface area contributed by atoms with E-state index in [1.807, 2.05) is 81.4 Å². The van der Waals surface area contributed by atoms with Crippen LogP contribution in [0.5, 0.6) is 5.75 Å². The molecule has 5 nitrogen and oxygen atoms in total. The molecule has 3 aromatic carbocycles. The van der Waals surface area contributed by atoms with Crippen molar-refractivity contribution in [2.45, 2.75) is 33.2 Å². The van der Waals surface area contributed by atoms with Crippen LogP contribution in [0.4, 0.5) is 5.69 Å². The van der Waals surface area contributed by atoms with E-state index in [9.17, 15) is 9.59 Å². The number of hydrogen-bond donors (Lipinski definition) is 0. The molecule has 1 aliphatic rings. The predicted molar refractivity (Wildman–Crippen MR) is 137 cm³/mol. The molecule has 0 radical (unpaired) electrons. The lowest BCUT2D eigenvalue weighted by Crippen LogP contribution is -2.29. The highest BCUT2D eigenvalue weighted by atomic mass is 79.9. The van der Waals surface area contributed by atoms with Crippen molar-refractivity contribution in [2.75, 3.05) is 11.5 Å². The second kappa shape index (κ2) is 8.76. The van der Waals surface area contributed by atoms with Gasteiger partial charge in [-0.25, -0.2) is 0 Å². The summed E-state index contributed by atoms with van der Waals surface area (Å²) < 4.78 is 12.8. The average molecular weight is 518 g/mol. The molecule has 0 fully saturated rings. The van der Waals surface area contributed by atoms with Crippen LogP contribution in [-0.4, -0.2) is 12.5 Å². The van der Waals surface area contributed by atoms with Gasteiger partial charge in [0.2, 0.25) is 5.76 Å². The summed E-state index contributed by atoms with van der Waals surface area (Å²) in [6.07, 6.45) is 0.882. The quantitative estimate of drug-likeness (QED) is 0.295. The topological polar surface area (TPSA) is 59.8 Å². The Bertz CT molecular complexity index is 1490. The normalized spacial score (nSPS) is 15.1. The largest absolute Gasteiger partial charge is 0.494 e. The van der Waals surface area contributed by atoms with Gasteiger partial charge in [-0.2, -0.15) is 0 Å². The fourth-order valence-electron chi connectivity index (χ4n) is 4.43. The standard InChI is InChI=1S/C28H24BrNO4/c1-4-11-33-21-10-5-7-18(14-21)25-24-26(31)22-12-16(2)17(3)13-23(22)34-27(24)28(32)30(25)20-9-6-8-19(29)15-20/h5-10,12-15,25H,4,11H2,1-3H3. The van der Waals surface area contributed by atoms with Crippen LogP contribution in [0.1, 0.15) is 52.2 Å². The first kappa shape index (κ1) is 22.4. The third-order valence-corrected chi connectivity index (χ3v) is 6.71. The first-order valence-electron chi connectivity index (χ1n) is 11.3. The van der Waals surface area contributed by atoms with E-state index in [1.165, 1.54) is 0 Å². The van der Waals surface area contributed by atoms with E-state index < -0.39 is 6.04 Å². The molecule has 0 saturated carbocycles. The predicted octanol–water partition coefficient (Wildman–Crippen LogP) is 6.71. The zero-order valence-corrected chi connectivity index (χ0v) is 20.8. The molecular weight excluding hydrogens is 494 g/mol. The highest BCUT2D eigenvalue weighted by molar-refractivity contribution is 9.10. The molecule has 172 valence electrons. The number of fused-ring (bicyclic) bond motifs is 2. The molecule has 1 amide bonds. The fraction of sp³-hybridized carbons (Fsp3) is 0.214. The molecule has 34 heavy (non-hydrogen) atoms. The maximum atomic E-state index is 13.8. The first-order valence-corrected chi connectivity index (χ1v) is 12.1. The Kier molecular flexibility index (Phi) is 5.78. The molecule has 5 rings (SSSR count). The Morgan fingerprint density at radius 3 is 2.53 bits per heavy atom. The van der Waals surface area contributed by atoms with E-state index in [1.54, 1.807) is 4.90 Å². The molecule has 4 aromatic rings. The van der Waals surface area contributed by atoms with Gasteiger partial charge in [0.15, 0.2) is 5.43 Å². The van der Waals surface area contributed by atoms with Crippen LogP contribution in [-0.2, 0) is 0 Å². The molecule has 1 atom stereocenters. The van der Waals surface area contributed by atoms with Crippen molar-refractivity contribution in [3.8, 4) is 5.75 Å². The molecule has 0 saturated heterocycles. The van der Waals surface area contributed by atoms with Crippen molar-refractivity contribution in [3.63, 3.8) is 0 Å². The Morgan fingerprint density at radius 1 is 1.00 bits per heavy atom. The van der Waals surface area contributed by atoms with Gasteiger partial charge in [-0.1, -0.05) is 41.1 Å². The molecule has 0 bridgehead atoms. The lowest BCUT2D eigenvalue weighted by molar-refractivity contribution is 0.0971. The summed E-state index contributed by atoms with van der Waals surface area (Å²) >= 11 is 3.50. The van der Waals surface area contributed by atoms with Crippen molar-refractivity contribution < 1.29 is 13.9 Å². The van der Waals surface area contributed by atoms with Crippen molar-refractivity contribution in [3.05, 3.63) is 103 Å². The number of aryl methyl sites for hydroxylation is 2. The summed E-state index contributed by atoms with van der Waals surface area (Å²) in [7, 11) is 0. The third-order valence-electron chi connectivity index (χ3n) is 6.22. The molecule has 0 spiro atoms. The summed E-state index contributed by atoms with van der Waals surface area (Å²) in [5, 5.41) is 0.481. The van der Waals surface area contributed by atoms with Crippen LogP contribution < -0.4 is 15.1 Å². The third kappa shape index (κ3) is 3.72. The molecule has 2 heterocycles. The summed E-state index contributed by atoms with van der Waals surface area (Å²) in [5.41, 5.74) is 4.06. The number of ether oxygens (including phenoxy) is 1. The van der Waals surface area contributed by atoms with Crippen LogP contribution in [0.15, 0.2) is 74.3 Å². The number of carbonyl (C=O) groups is 1. The number of rotatable bonds is 5. The smallest absolute Gasteiger partial charge is 0.295 e. The lowest BCUT2D eigenvalue weighted by Gasteiger charge is -2.25. The van der Waals surface area contributed by atoms with Gasteiger partial charge in [0.1, 0.15) is 11.3 Å². The van der Waals surface area contributed by atoms with Gasteiger partial charge in [-0.15, -0.1) is 0 Å². The van der Waals surface area contributed by atoms with Gasteiger partial charge >= 0.3 is 0 Å². The zero-order chi connectivity index (χ0) is 24.0. The van der Waals surface area contributed by atoms with Gasteiger partial charge in [-0.3, -0.25) is 14.5 Å². The van der Waals surface area contributed by atoms with Gasteiger partial charge < -0.3 is 9.15 Å². The van der Waals surface area contributed by atoms with E-state index in [-0.39, 0.29) is 17.1 Å². The Balaban J connectivity index is 1.78. The monoisotopic (exact) mass is 517 g/mol. The van der Waals surface area contributed by atoms with Crippen LogP contribution in [0, 0.1) is 13.8 Å². The van der Waals surface area contributed by atoms with Crippen LogP contribution in [0.3, 0.4) is 0 Å². The molecule has 1 aromatic heterocycles. The van der Waals surface area contributed by atoms with Gasteiger partial charge in [0.05, 0.1) is 23.6 Å². The fourth-order valence-corrected chi connectivity index (χ4v) is 4.82. The maximum absolute atomic E-state index is 13.8. The number of hydrogen-bond acceptors (Lipinski definition) is 4. The number of benzene rings is 3. The minimum absolute atomic E-state index is 0.0885. The summed E-state index contributed by atoms with van der Waals surface area (Å²) in [6.45, 7) is 6.56. The lowest BCUT2D eigenvalue weighted by atomic mass is 9.97. The Hall–Kier alpha value is -3.38. The number of carbonyl (C=O) groups excluding carboxylic acids is 1. The molecule has 0 N–H and O–H groups in total. The molecule has 0 aliphatic carbocycles. The highest BCUT2D eigenvalue weighted by Crippen LogP contribution is 2.42. The van der Waals surface area contributed by atoms with E-state index >= 15 is 0 Å². The second-order valence-electron chi connectivity index (χ2n) is 8.59. The first-order chi connectivity index (χ1) is 16.4. The number of nitrogens with zero attached hydrogens (tertiary/aromatic N) is 1.